The minimum absolute atomic E-state index is 0.168. The molecule has 0 aliphatic heterocycles. The molecule has 0 radical (unpaired) electrons. The van der Waals surface area contributed by atoms with E-state index in [2.05, 4.69) is 25.1 Å². The normalized spacial score (nSPS) is 12.4. The van der Waals surface area contributed by atoms with Gasteiger partial charge in [0, 0.05) is 18.0 Å². The largest absolute Gasteiger partial charge is 0.366 e. The van der Waals surface area contributed by atoms with Crippen LogP contribution in [0.3, 0.4) is 0 Å². The van der Waals surface area contributed by atoms with Gasteiger partial charge in [-0.1, -0.05) is 12.1 Å². The topological polar surface area (TPSA) is 99.8 Å². The van der Waals surface area contributed by atoms with Crippen LogP contribution in [0.5, 0.6) is 0 Å². The van der Waals surface area contributed by atoms with E-state index in [1.54, 1.807) is 47.4 Å². The second-order valence-corrected chi connectivity index (χ2v) is 7.02. The molecule has 8 nitrogen and oxygen atoms in total. The maximum Gasteiger partial charge on any atom is 0.242 e. The molecule has 0 aliphatic rings. The number of rotatable bonds is 4. The van der Waals surface area contributed by atoms with Crippen LogP contribution in [0.1, 0.15) is 18.5 Å². The number of pyridine rings is 1. The third-order valence-electron chi connectivity index (χ3n) is 5.00. The quantitative estimate of drug-likeness (QED) is 0.479. The van der Waals surface area contributed by atoms with Gasteiger partial charge in [0.2, 0.25) is 11.9 Å². The van der Waals surface area contributed by atoms with Crippen molar-refractivity contribution in [3.63, 3.8) is 0 Å². The lowest BCUT2D eigenvalue weighted by Crippen LogP contribution is -2.07. The summed E-state index contributed by atoms with van der Waals surface area (Å²) in [7, 11) is 0. The summed E-state index contributed by atoms with van der Waals surface area (Å²) in [4.78, 5) is 12.9. The molecule has 0 spiro atoms. The molecule has 1 unspecified atom stereocenters. The number of anilines is 1. The van der Waals surface area contributed by atoms with Crippen LogP contribution in [0.2, 0.25) is 0 Å². The summed E-state index contributed by atoms with van der Waals surface area (Å²) in [6.07, 6.45) is 6.34. The van der Waals surface area contributed by atoms with Crippen LogP contribution in [-0.2, 0) is 0 Å². The molecule has 4 heterocycles. The lowest BCUT2D eigenvalue weighted by atomic mass is 10.1. The van der Waals surface area contributed by atoms with Crippen molar-refractivity contribution in [1.29, 1.82) is 0 Å². The van der Waals surface area contributed by atoms with Gasteiger partial charge in [0.05, 0.1) is 35.4 Å². The highest BCUT2D eigenvalue weighted by Crippen LogP contribution is 2.26. The van der Waals surface area contributed by atoms with E-state index >= 15 is 0 Å². The average molecular weight is 418 g/mol. The molecular weight excluding hydrogens is 402 g/mol. The molecule has 2 N–H and O–H groups in total. The first-order valence-corrected chi connectivity index (χ1v) is 9.43. The number of hydrogen-bond acceptors (Lipinski definition) is 6. The Morgan fingerprint density at radius 2 is 1.74 bits per heavy atom. The molecule has 10 heteroatoms. The predicted octanol–water partition coefficient (Wildman–Crippen LogP) is 3.52. The lowest BCUT2D eigenvalue weighted by molar-refractivity contribution is 0.499. The van der Waals surface area contributed by atoms with E-state index in [1.807, 2.05) is 6.92 Å². The number of halogens is 2. The molecule has 0 amide bonds. The highest BCUT2D eigenvalue weighted by atomic mass is 19.1. The Hall–Kier alpha value is -4.21. The van der Waals surface area contributed by atoms with Crippen molar-refractivity contribution < 1.29 is 8.78 Å². The third-order valence-corrected chi connectivity index (χ3v) is 5.00. The molecule has 31 heavy (non-hydrogen) atoms. The fraction of sp³-hybridized carbons (Fsp3) is 0.0952. The molecule has 0 saturated heterocycles. The van der Waals surface area contributed by atoms with Crippen LogP contribution in [0.15, 0.2) is 61.2 Å². The van der Waals surface area contributed by atoms with E-state index in [-0.39, 0.29) is 23.4 Å². The molecule has 154 valence electrons. The summed E-state index contributed by atoms with van der Waals surface area (Å²) in [5.74, 6) is -0.829. The number of hydrogen-bond donors (Lipinski definition) is 1. The number of nitrogens with zero attached hydrogens (tertiary/aromatic N) is 7. The van der Waals surface area contributed by atoms with Gasteiger partial charge in [-0.3, -0.25) is 9.67 Å². The fourth-order valence-electron chi connectivity index (χ4n) is 3.33. The maximum atomic E-state index is 14.7. The first-order valence-electron chi connectivity index (χ1n) is 9.43. The molecule has 1 aromatic carbocycles. The maximum absolute atomic E-state index is 14.7. The molecule has 4 aromatic heterocycles. The van der Waals surface area contributed by atoms with Crippen molar-refractivity contribution in [2.75, 3.05) is 5.73 Å². The first kappa shape index (κ1) is 18.8. The minimum atomic E-state index is -0.666. The third kappa shape index (κ3) is 3.48. The van der Waals surface area contributed by atoms with Crippen LogP contribution in [0, 0.1) is 11.8 Å². The summed E-state index contributed by atoms with van der Waals surface area (Å²) in [6.45, 7) is 1.85. The number of nitrogen functional groups attached to an aromatic ring is 1. The van der Waals surface area contributed by atoms with Gasteiger partial charge in [-0.05, 0) is 36.8 Å². The Morgan fingerprint density at radius 3 is 2.55 bits per heavy atom. The number of nitrogens with two attached hydrogens (primary N) is 1. The Balaban J connectivity index is 1.50. The van der Waals surface area contributed by atoms with E-state index in [9.17, 15) is 8.78 Å². The number of benzene rings is 1. The minimum Gasteiger partial charge on any atom is -0.366 e. The van der Waals surface area contributed by atoms with Gasteiger partial charge >= 0.3 is 0 Å². The first-order chi connectivity index (χ1) is 15.0. The van der Waals surface area contributed by atoms with Gasteiger partial charge in [-0.25, -0.2) is 13.9 Å². The average Bonchev–Trinajstić information content (AvgIpc) is 3.35. The summed E-state index contributed by atoms with van der Waals surface area (Å²) in [5.41, 5.74) is 8.84. The van der Waals surface area contributed by atoms with Crippen molar-refractivity contribution in [1.82, 2.24) is 34.3 Å². The van der Waals surface area contributed by atoms with E-state index in [1.165, 1.54) is 23.0 Å². The SMILES string of the molecule is CC(c1ccc(F)cc1)n1cc(-c2cncc(-c3ccn4nc(N)nc4c3)n2)c(F)n1. The Morgan fingerprint density at radius 1 is 0.968 bits per heavy atom. The van der Waals surface area contributed by atoms with Crippen molar-refractivity contribution in [3.8, 4) is 22.5 Å². The fourth-order valence-corrected chi connectivity index (χ4v) is 3.33. The number of aromatic nitrogens is 7. The molecule has 0 fully saturated rings. The zero-order chi connectivity index (χ0) is 21.5. The Kier molecular flexibility index (Phi) is 4.39. The van der Waals surface area contributed by atoms with Gasteiger partial charge in [0.1, 0.15) is 5.82 Å². The van der Waals surface area contributed by atoms with Crippen molar-refractivity contribution in [3.05, 3.63) is 78.5 Å². The van der Waals surface area contributed by atoms with Gasteiger partial charge < -0.3 is 5.73 Å². The van der Waals surface area contributed by atoms with Crippen LogP contribution < -0.4 is 5.73 Å². The highest BCUT2D eigenvalue weighted by molar-refractivity contribution is 5.67. The molecule has 1 atom stereocenters. The Bertz CT molecular complexity index is 1390. The zero-order valence-electron chi connectivity index (χ0n) is 16.3. The van der Waals surface area contributed by atoms with Gasteiger partial charge in [0.25, 0.3) is 0 Å². The van der Waals surface area contributed by atoms with Crippen LogP contribution in [0.4, 0.5) is 14.7 Å². The molecule has 0 bridgehead atoms. The zero-order valence-corrected chi connectivity index (χ0v) is 16.3. The smallest absolute Gasteiger partial charge is 0.242 e. The van der Waals surface area contributed by atoms with Gasteiger partial charge in [0.15, 0.2) is 5.65 Å². The molecule has 5 aromatic rings. The lowest BCUT2D eigenvalue weighted by Gasteiger charge is -2.12. The molecule has 0 saturated carbocycles. The predicted molar refractivity (Wildman–Crippen MR) is 110 cm³/mol. The van der Waals surface area contributed by atoms with E-state index in [0.29, 0.717) is 17.0 Å². The summed E-state index contributed by atoms with van der Waals surface area (Å²) in [5, 5.41) is 8.02. The van der Waals surface area contributed by atoms with E-state index in [4.69, 9.17) is 5.73 Å². The van der Waals surface area contributed by atoms with Crippen LogP contribution >= 0.6 is 0 Å². The van der Waals surface area contributed by atoms with E-state index in [0.717, 1.165) is 11.1 Å². The van der Waals surface area contributed by atoms with Crippen molar-refractivity contribution in [2.45, 2.75) is 13.0 Å². The molecule has 5 rings (SSSR count). The monoisotopic (exact) mass is 418 g/mol. The van der Waals surface area contributed by atoms with Crippen LogP contribution in [-0.4, -0.2) is 34.3 Å². The van der Waals surface area contributed by atoms with Gasteiger partial charge in [-0.2, -0.15) is 9.37 Å². The Labute approximate surface area is 175 Å². The summed E-state index contributed by atoms with van der Waals surface area (Å²) in [6, 6.07) is 9.29. The van der Waals surface area contributed by atoms with Crippen molar-refractivity contribution >= 4 is 11.6 Å². The van der Waals surface area contributed by atoms with Crippen molar-refractivity contribution in [2.24, 2.45) is 0 Å². The van der Waals surface area contributed by atoms with E-state index < -0.39 is 5.95 Å². The molecule has 0 aliphatic carbocycles. The molecular formula is C21H16F2N8. The second kappa shape index (κ2) is 7.24. The summed E-state index contributed by atoms with van der Waals surface area (Å²) < 4.78 is 30.9. The standard InChI is InChI=1S/C21H16F2N8/c1-12(13-2-4-15(22)5-3-13)31-11-16(20(23)28-31)18-10-25-9-17(26-18)14-6-7-30-19(8-14)27-21(24)29-30/h2-12H,1H3,(H2,24,29). The second-order valence-electron chi connectivity index (χ2n) is 7.02. The highest BCUT2D eigenvalue weighted by Gasteiger charge is 2.17. The van der Waals surface area contributed by atoms with Gasteiger partial charge in [-0.15, -0.1) is 10.2 Å². The summed E-state index contributed by atoms with van der Waals surface area (Å²) >= 11 is 0. The van der Waals surface area contributed by atoms with Crippen LogP contribution in [0.25, 0.3) is 28.2 Å². The number of fused-ring (bicyclic) bond motifs is 1.